The Morgan fingerprint density at radius 2 is 2.00 bits per heavy atom. The minimum absolute atomic E-state index is 0.474. The monoisotopic (exact) mass is 312 g/mol. The fourth-order valence-electron chi connectivity index (χ4n) is 2.44. The van der Waals surface area contributed by atoms with Crippen molar-refractivity contribution in [2.45, 2.75) is 46.2 Å². The molecule has 0 aliphatic carbocycles. The summed E-state index contributed by atoms with van der Waals surface area (Å²) in [5.41, 5.74) is 1.04. The molecule has 1 atom stereocenters. The molecule has 3 nitrogen and oxygen atoms in total. The van der Waals surface area contributed by atoms with Crippen molar-refractivity contribution in [2.75, 3.05) is 26.7 Å². The molecule has 0 bridgehead atoms. The van der Waals surface area contributed by atoms with E-state index in [0.29, 0.717) is 6.04 Å². The van der Waals surface area contributed by atoms with Gasteiger partial charge in [0.2, 0.25) is 0 Å². The molecule has 120 valence electrons. The second-order valence-electron chi connectivity index (χ2n) is 5.37. The van der Waals surface area contributed by atoms with Gasteiger partial charge in [0.1, 0.15) is 5.75 Å². The highest BCUT2D eigenvalue weighted by Gasteiger charge is 2.09. The Balaban J connectivity index is 2.38. The van der Waals surface area contributed by atoms with E-state index < -0.39 is 0 Å². The lowest BCUT2D eigenvalue weighted by atomic mass is 10.1. The molecule has 1 rings (SSSR count). The summed E-state index contributed by atoms with van der Waals surface area (Å²) in [5, 5.41) is 4.30. The summed E-state index contributed by atoms with van der Waals surface area (Å²) in [5.74, 6) is 0.852. The van der Waals surface area contributed by atoms with Gasteiger partial charge in [-0.05, 0) is 51.5 Å². The van der Waals surface area contributed by atoms with E-state index in [-0.39, 0.29) is 0 Å². The minimum Gasteiger partial charge on any atom is -0.496 e. The van der Waals surface area contributed by atoms with Gasteiger partial charge in [0.25, 0.3) is 0 Å². The maximum atomic E-state index is 6.25. The van der Waals surface area contributed by atoms with Crippen LogP contribution in [0.1, 0.15) is 39.2 Å². The summed E-state index contributed by atoms with van der Waals surface area (Å²) in [6.07, 6.45) is 2.39. The lowest BCUT2D eigenvalue weighted by molar-refractivity contribution is 0.290. The average Bonchev–Trinajstić information content (AvgIpc) is 2.50. The molecule has 0 saturated heterocycles. The molecular weight excluding hydrogens is 284 g/mol. The van der Waals surface area contributed by atoms with Gasteiger partial charge in [-0.1, -0.05) is 31.5 Å². The Morgan fingerprint density at radius 3 is 2.62 bits per heavy atom. The smallest absolute Gasteiger partial charge is 0.124 e. The van der Waals surface area contributed by atoms with Gasteiger partial charge >= 0.3 is 0 Å². The van der Waals surface area contributed by atoms with Gasteiger partial charge in [0.05, 0.1) is 7.11 Å². The van der Waals surface area contributed by atoms with Crippen molar-refractivity contribution in [3.63, 3.8) is 0 Å². The number of hydrogen-bond acceptors (Lipinski definition) is 3. The van der Waals surface area contributed by atoms with E-state index in [9.17, 15) is 0 Å². The molecule has 1 unspecified atom stereocenters. The van der Waals surface area contributed by atoms with Crippen LogP contribution in [0.4, 0.5) is 0 Å². The number of methoxy groups -OCH3 is 1. The maximum Gasteiger partial charge on any atom is 0.124 e. The van der Waals surface area contributed by atoms with E-state index in [4.69, 9.17) is 16.3 Å². The van der Waals surface area contributed by atoms with Gasteiger partial charge in [0.15, 0.2) is 0 Å². The number of ether oxygens (including phenoxy) is 1. The number of nitrogens with zero attached hydrogens (tertiary/aromatic N) is 1. The number of nitrogens with one attached hydrogen (secondary N) is 1. The highest BCUT2D eigenvalue weighted by molar-refractivity contribution is 6.31. The number of hydrogen-bond donors (Lipinski definition) is 1. The third-order valence-electron chi connectivity index (χ3n) is 3.93. The minimum atomic E-state index is 0.474. The molecule has 0 aromatic heterocycles. The highest BCUT2D eigenvalue weighted by atomic mass is 35.5. The zero-order valence-corrected chi connectivity index (χ0v) is 14.5. The molecule has 0 saturated carbocycles. The number of halogens is 1. The van der Waals surface area contributed by atoms with Crippen LogP contribution >= 0.6 is 11.6 Å². The van der Waals surface area contributed by atoms with Crippen LogP contribution in [0, 0.1) is 0 Å². The van der Waals surface area contributed by atoms with Crippen LogP contribution in [0.5, 0.6) is 5.75 Å². The van der Waals surface area contributed by atoms with Crippen LogP contribution < -0.4 is 10.1 Å². The highest BCUT2D eigenvalue weighted by Crippen LogP contribution is 2.26. The summed E-state index contributed by atoms with van der Waals surface area (Å²) in [6.45, 7) is 10.9. The van der Waals surface area contributed by atoms with Crippen molar-refractivity contribution >= 4 is 11.6 Å². The summed E-state index contributed by atoms with van der Waals surface area (Å²) in [7, 11) is 1.68. The SMILES string of the molecule is CCN(CC)CCCC(C)NCc1c(Cl)cccc1OC. The normalized spacial score (nSPS) is 12.7. The topological polar surface area (TPSA) is 24.5 Å². The fraction of sp³-hybridized carbons (Fsp3) is 0.647. The van der Waals surface area contributed by atoms with Gasteiger partial charge in [-0.25, -0.2) is 0 Å². The first-order valence-electron chi connectivity index (χ1n) is 7.89. The third-order valence-corrected chi connectivity index (χ3v) is 4.28. The average molecular weight is 313 g/mol. The first-order chi connectivity index (χ1) is 10.1. The van der Waals surface area contributed by atoms with Gasteiger partial charge in [0, 0.05) is 23.2 Å². The molecule has 0 aliphatic heterocycles. The van der Waals surface area contributed by atoms with Crippen LogP contribution in [0.25, 0.3) is 0 Å². The van der Waals surface area contributed by atoms with E-state index in [2.05, 4.69) is 31.0 Å². The van der Waals surface area contributed by atoms with E-state index in [1.54, 1.807) is 7.11 Å². The van der Waals surface area contributed by atoms with Crippen LogP contribution in [0.2, 0.25) is 5.02 Å². The second-order valence-corrected chi connectivity index (χ2v) is 5.78. The second kappa shape index (κ2) is 10.0. The van der Waals surface area contributed by atoms with Crippen LogP contribution in [-0.2, 0) is 6.54 Å². The molecule has 0 fully saturated rings. The summed E-state index contributed by atoms with van der Waals surface area (Å²) >= 11 is 6.25. The van der Waals surface area contributed by atoms with Crippen molar-refractivity contribution in [3.05, 3.63) is 28.8 Å². The molecule has 1 aromatic rings. The third kappa shape index (κ3) is 6.25. The maximum absolute atomic E-state index is 6.25. The fourth-order valence-corrected chi connectivity index (χ4v) is 2.67. The Morgan fingerprint density at radius 1 is 1.29 bits per heavy atom. The molecule has 4 heteroatoms. The molecule has 21 heavy (non-hydrogen) atoms. The van der Waals surface area contributed by atoms with E-state index >= 15 is 0 Å². The van der Waals surface area contributed by atoms with Crippen LogP contribution in [-0.4, -0.2) is 37.7 Å². The van der Waals surface area contributed by atoms with Crippen molar-refractivity contribution in [3.8, 4) is 5.75 Å². The Kier molecular flexibility index (Phi) is 8.74. The van der Waals surface area contributed by atoms with Crippen molar-refractivity contribution in [1.82, 2.24) is 10.2 Å². The van der Waals surface area contributed by atoms with Crippen LogP contribution in [0.15, 0.2) is 18.2 Å². The zero-order valence-electron chi connectivity index (χ0n) is 13.8. The quantitative estimate of drug-likeness (QED) is 0.708. The molecule has 0 aliphatic rings. The van der Waals surface area contributed by atoms with Gasteiger partial charge in [-0.2, -0.15) is 0 Å². The predicted molar refractivity (Wildman–Crippen MR) is 91.3 cm³/mol. The molecule has 0 amide bonds. The predicted octanol–water partition coefficient (Wildman–Crippen LogP) is 3.95. The van der Waals surface area contributed by atoms with Gasteiger partial charge < -0.3 is 15.0 Å². The summed E-state index contributed by atoms with van der Waals surface area (Å²) < 4.78 is 5.37. The zero-order chi connectivity index (χ0) is 15.7. The van der Waals surface area contributed by atoms with E-state index in [0.717, 1.165) is 36.0 Å². The van der Waals surface area contributed by atoms with Gasteiger partial charge in [-0.3, -0.25) is 0 Å². The van der Waals surface area contributed by atoms with E-state index in [1.165, 1.54) is 19.4 Å². The molecule has 0 heterocycles. The lowest BCUT2D eigenvalue weighted by Crippen LogP contribution is -2.29. The van der Waals surface area contributed by atoms with E-state index in [1.807, 2.05) is 18.2 Å². The standard InChI is InChI=1S/C17H29ClN2O/c1-5-20(6-2)12-8-9-14(3)19-13-15-16(18)10-7-11-17(15)21-4/h7,10-11,14,19H,5-6,8-9,12-13H2,1-4H3. The van der Waals surface area contributed by atoms with Gasteiger partial charge in [-0.15, -0.1) is 0 Å². The van der Waals surface area contributed by atoms with Crippen molar-refractivity contribution in [1.29, 1.82) is 0 Å². The molecular formula is C17H29ClN2O. The number of benzene rings is 1. The molecule has 0 radical (unpaired) electrons. The summed E-state index contributed by atoms with van der Waals surface area (Å²) in [6, 6.07) is 6.25. The first kappa shape index (κ1) is 18.3. The molecule has 1 aromatic carbocycles. The van der Waals surface area contributed by atoms with Crippen LogP contribution in [0.3, 0.4) is 0 Å². The van der Waals surface area contributed by atoms with Crippen molar-refractivity contribution in [2.24, 2.45) is 0 Å². The Hall–Kier alpha value is -0.770. The summed E-state index contributed by atoms with van der Waals surface area (Å²) in [4.78, 5) is 2.46. The Bertz CT molecular complexity index is 408. The Labute approximate surface area is 134 Å². The largest absolute Gasteiger partial charge is 0.496 e. The lowest BCUT2D eigenvalue weighted by Gasteiger charge is -2.20. The van der Waals surface area contributed by atoms with Crippen molar-refractivity contribution < 1.29 is 4.74 Å². The number of rotatable bonds is 10. The molecule has 1 N–H and O–H groups in total. The first-order valence-corrected chi connectivity index (χ1v) is 8.27. The molecule has 0 spiro atoms.